The van der Waals surface area contributed by atoms with Crippen LogP contribution in [0.15, 0.2) is 94.5 Å². The van der Waals surface area contributed by atoms with Gasteiger partial charge in [0.1, 0.15) is 23.7 Å². The second kappa shape index (κ2) is 14.2. The number of amides is 2. The molecule has 1 saturated heterocycles. The molecule has 43 heavy (non-hydrogen) atoms. The summed E-state index contributed by atoms with van der Waals surface area (Å²) >= 11 is 2.87. The monoisotopic (exact) mass is 618 g/mol. The van der Waals surface area contributed by atoms with Crippen LogP contribution >= 0.6 is 23.1 Å². The molecule has 0 aliphatic carbocycles. The van der Waals surface area contributed by atoms with Gasteiger partial charge in [-0.25, -0.2) is 4.79 Å². The van der Waals surface area contributed by atoms with Gasteiger partial charge in [0.2, 0.25) is 5.91 Å². The lowest BCUT2D eigenvalue weighted by Crippen LogP contribution is -2.70. The standard InChI is InChI=1S/C31H30N4O6S2/c1-2-40-25(37)18-33-32-17-22-19-43-30-26(34-24(36)16-23-14-9-15-42-23)29(38)35(30)27(22)31(39)41-28(20-10-5-3-6-11-20)21-12-7-4-8-13-21/h3-15,17,26,28,30,33H,2,16,18-19H2,1H3,(H,34,36)/t26?,30-/m0/s1. The van der Waals surface area contributed by atoms with E-state index in [4.69, 9.17) is 9.47 Å². The van der Waals surface area contributed by atoms with Gasteiger partial charge >= 0.3 is 11.9 Å². The van der Waals surface area contributed by atoms with Gasteiger partial charge < -0.3 is 14.8 Å². The molecule has 2 aliphatic rings. The minimum atomic E-state index is -0.778. The predicted octanol–water partition coefficient (Wildman–Crippen LogP) is 3.42. The van der Waals surface area contributed by atoms with Crippen LogP contribution in [-0.2, 0) is 35.1 Å². The predicted molar refractivity (Wildman–Crippen MR) is 164 cm³/mol. The molecule has 0 bridgehead atoms. The van der Waals surface area contributed by atoms with Gasteiger partial charge in [0.15, 0.2) is 6.10 Å². The van der Waals surface area contributed by atoms with Gasteiger partial charge in [-0.1, -0.05) is 66.7 Å². The summed E-state index contributed by atoms with van der Waals surface area (Å²) in [4.78, 5) is 54.0. The zero-order valence-electron chi connectivity index (χ0n) is 23.3. The molecule has 2 aliphatic heterocycles. The van der Waals surface area contributed by atoms with Gasteiger partial charge in [0, 0.05) is 16.2 Å². The van der Waals surface area contributed by atoms with Crippen molar-refractivity contribution in [3.8, 4) is 0 Å². The Balaban J connectivity index is 1.39. The molecule has 2 aromatic carbocycles. The number of hydrazone groups is 1. The van der Waals surface area contributed by atoms with E-state index in [2.05, 4.69) is 15.8 Å². The lowest BCUT2D eigenvalue weighted by molar-refractivity contribution is -0.154. The van der Waals surface area contributed by atoms with Crippen LogP contribution in [0.3, 0.4) is 0 Å². The van der Waals surface area contributed by atoms with Crippen molar-refractivity contribution in [2.24, 2.45) is 5.10 Å². The highest BCUT2D eigenvalue weighted by Crippen LogP contribution is 2.41. The second-order valence-corrected chi connectivity index (χ2v) is 11.7. The Morgan fingerprint density at radius 1 is 1.05 bits per heavy atom. The van der Waals surface area contributed by atoms with E-state index >= 15 is 0 Å². The van der Waals surface area contributed by atoms with E-state index in [1.54, 1.807) is 6.92 Å². The molecule has 2 atom stereocenters. The normalized spacial score (nSPS) is 17.8. The SMILES string of the molecule is CCOC(=O)CNN=CC1=C(C(=O)OC(c2ccccc2)c2ccccc2)N2C(=O)C(NC(=O)Cc3cccs3)[C@@H]2SC1. The molecule has 0 saturated carbocycles. The number of nitrogens with one attached hydrogen (secondary N) is 2. The van der Waals surface area contributed by atoms with Gasteiger partial charge in [0.05, 0.1) is 19.2 Å². The van der Waals surface area contributed by atoms with Crippen LogP contribution in [0.2, 0.25) is 0 Å². The fraction of sp³-hybridized carbons (Fsp3) is 0.258. The Hall–Kier alpha value is -4.42. The van der Waals surface area contributed by atoms with Crippen LogP contribution in [0.5, 0.6) is 0 Å². The van der Waals surface area contributed by atoms with Crippen LogP contribution in [0.1, 0.15) is 29.0 Å². The second-order valence-electron chi connectivity index (χ2n) is 9.59. The Bertz CT molecular complexity index is 1470. The first-order chi connectivity index (χ1) is 21.0. The van der Waals surface area contributed by atoms with Crippen molar-refractivity contribution in [1.82, 2.24) is 15.6 Å². The highest BCUT2D eigenvalue weighted by atomic mass is 32.2. The lowest BCUT2D eigenvalue weighted by Gasteiger charge is -2.49. The number of hydrogen-bond acceptors (Lipinski definition) is 10. The first kappa shape index (κ1) is 30.1. The van der Waals surface area contributed by atoms with Crippen molar-refractivity contribution >= 4 is 53.1 Å². The molecule has 5 rings (SSSR count). The molecular formula is C31H30N4O6S2. The third-order valence-corrected chi connectivity index (χ3v) is 8.87. The highest BCUT2D eigenvalue weighted by molar-refractivity contribution is 8.00. The van der Waals surface area contributed by atoms with E-state index in [0.717, 1.165) is 16.0 Å². The first-order valence-corrected chi connectivity index (χ1v) is 15.6. The maximum atomic E-state index is 13.9. The van der Waals surface area contributed by atoms with Crippen LogP contribution in [-0.4, -0.2) is 65.2 Å². The number of rotatable bonds is 12. The molecule has 0 spiro atoms. The third kappa shape index (κ3) is 7.15. The maximum absolute atomic E-state index is 13.9. The van der Waals surface area contributed by atoms with Gasteiger partial charge in [-0.2, -0.15) is 5.10 Å². The smallest absolute Gasteiger partial charge is 0.356 e. The summed E-state index contributed by atoms with van der Waals surface area (Å²) in [7, 11) is 0. The van der Waals surface area contributed by atoms with Gasteiger partial charge in [-0.05, 0) is 29.5 Å². The summed E-state index contributed by atoms with van der Waals surface area (Å²) < 4.78 is 11.0. The Morgan fingerprint density at radius 3 is 2.37 bits per heavy atom. The number of carbonyl (C=O) groups is 4. The summed E-state index contributed by atoms with van der Waals surface area (Å²) in [5.41, 5.74) is 4.65. The minimum absolute atomic E-state index is 0.0519. The van der Waals surface area contributed by atoms with E-state index in [1.807, 2.05) is 78.2 Å². The van der Waals surface area contributed by atoms with Crippen molar-refractivity contribution in [3.63, 3.8) is 0 Å². The van der Waals surface area contributed by atoms with Crippen molar-refractivity contribution in [2.75, 3.05) is 18.9 Å². The number of nitrogens with zero attached hydrogens (tertiary/aromatic N) is 2. The van der Waals surface area contributed by atoms with E-state index in [1.165, 1.54) is 34.2 Å². The Morgan fingerprint density at radius 2 is 1.74 bits per heavy atom. The number of β-lactam (4-membered cyclic amide) rings is 1. The van der Waals surface area contributed by atoms with Crippen LogP contribution < -0.4 is 10.7 Å². The fourth-order valence-corrected chi connectivity index (χ4v) is 6.72. The summed E-state index contributed by atoms with van der Waals surface area (Å²) in [6.07, 6.45) is 0.853. The van der Waals surface area contributed by atoms with Crippen molar-refractivity contribution in [2.45, 2.75) is 30.9 Å². The number of hydrogen-bond donors (Lipinski definition) is 2. The topological polar surface area (TPSA) is 126 Å². The Kier molecular flexibility index (Phi) is 9.90. The molecule has 1 aromatic heterocycles. The van der Waals surface area contributed by atoms with Gasteiger partial charge in [-0.15, -0.1) is 23.1 Å². The zero-order chi connectivity index (χ0) is 30.2. The minimum Gasteiger partial charge on any atom is -0.465 e. The fourth-order valence-electron chi connectivity index (χ4n) is 4.72. The number of thiophene rings is 1. The summed E-state index contributed by atoms with van der Waals surface area (Å²) in [6.45, 7) is 1.80. The van der Waals surface area contributed by atoms with Crippen molar-refractivity contribution < 1.29 is 28.7 Å². The zero-order valence-corrected chi connectivity index (χ0v) is 24.9. The summed E-state index contributed by atoms with van der Waals surface area (Å²) in [5.74, 6) is -1.53. The van der Waals surface area contributed by atoms with Crippen LogP contribution in [0.25, 0.3) is 0 Å². The number of thioether (sulfide) groups is 1. The number of fused-ring (bicyclic) bond motifs is 1. The highest BCUT2D eigenvalue weighted by Gasteiger charge is 2.54. The van der Waals surface area contributed by atoms with Gasteiger partial charge in [-0.3, -0.25) is 24.7 Å². The van der Waals surface area contributed by atoms with Crippen LogP contribution in [0.4, 0.5) is 0 Å². The molecule has 222 valence electrons. The number of esters is 2. The maximum Gasteiger partial charge on any atom is 0.356 e. The Labute approximate surface area is 257 Å². The summed E-state index contributed by atoms with van der Waals surface area (Å²) in [6, 6.07) is 21.6. The molecule has 2 amide bonds. The molecule has 2 N–H and O–H groups in total. The number of ether oxygens (including phenoxy) is 2. The van der Waals surface area contributed by atoms with E-state index < -0.39 is 35.4 Å². The number of carbonyl (C=O) groups excluding carboxylic acids is 4. The molecule has 1 unspecified atom stereocenters. The molecular weight excluding hydrogens is 588 g/mol. The molecule has 3 heterocycles. The molecule has 0 radical (unpaired) electrons. The largest absolute Gasteiger partial charge is 0.465 e. The van der Waals surface area contributed by atoms with Gasteiger partial charge in [0.25, 0.3) is 5.91 Å². The van der Waals surface area contributed by atoms with Crippen molar-refractivity contribution in [3.05, 3.63) is 105 Å². The van der Waals surface area contributed by atoms with Crippen LogP contribution in [0, 0.1) is 0 Å². The lowest BCUT2D eigenvalue weighted by atomic mass is 10.0. The molecule has 10 nitrogen and oxygen atoms in total. The van der Waals surface area contributed by atoms with E-state index in [9.17, 15) is 19.2 Å². The number of benzene rings is 2. The quantitative estimate of drug-likeness (QED) is 0.137. The molecule has 12 heteroatoms. The molecule has 3 aromatic rings. The molecule has 1 fully saturated rings. The average Bonchev–Trinajstić information content (AvgIpc) is 3.54. The first-order valence-electron chi connectivity index (χ1n) is 13.7. The summed E-state index contributed by atoms with van der Waals surface area (Å²) in [5, 5.41) is 8.34. The van der Waals surface area contributed by atoms with E-state index in [0.29, 0.717) is 11.3 Å². The average molecular weight is 619 g/mol. The van der Waals surface area contributed by atoms with E-state index in [-0.39, 0.29) is 31.2 Å². The van der Waals surface area contributed by atoms with Crippen molar-refractivity contribution in [1.29, 1.82) is 0 Å². The third-order valence-electron chi connectivity index (χ3n) is 6.69.